The van der Waals surface area contributed by atoms with E-state index in [0.717, 1.165) is 38.1 Å². The fourth-order valence-corrected chi connectivity index (χ4v) is 3.90. The van der Waals surface area contributed by atoms with E-state index in [1.807, 2.05) is 18.2 Å². The lowest BCUT2D eigenvalue weighted by Gasteiger charge is -2.36. The molecular formula is C20H20BrN3O. The Morgan fingerprint density at radius 1 is 1.00 bits per heavy atom. The second kappa shape index (κ2) is 7.02. The van der Waals surface area contributed by atoms with Crippen LogP contribution in [-0.2, 0) is 6.54 Å². The lowest BCUT2D eigenvalue weighted by atomic mass is 10.1. The molecular weight excluding hydrogens is 378 g/mol. The number of phenols is 1. The highest BCUT2D eigenvalue weighted by Gasteiger charge is 2.19. The predicted octanol–water partition coefficient (Wildman–Crippen LogP) is 4.03. The molecule has 0 unspecified atom stereocenters. The van der Waals surface area contributed by atoms with Crippen LogP contribution in [0.5, 0.6) is 5.75 Å². The largest absolute Gasteiger partial charge is 0.505 e. The van der Waals surface area contributed by atoms with Gasteiger partial charge in [0, 0.05) is 50.0 Å². The van der Waals surface area contributed by atoms with Gasteiger partial charge in [0.2, 0.25) is 0 Å². The monoisotopic (exact) mass is 397 g/mol. The van der Waals surface area contributed by atoms with Gasteiger partial charge in [0.1, 0.15) is 5.52 Å². The molecule has 2 aromatic carbocycles. The average molecular weight is 398 g/mol. The standard InChI is InChI=1S/C20H20BrN3O/c21-18-13-15(17-7-4-8-22-19(17)20(18)25)14-23-9-11-24(12-10-23)16-5-2-1-3-6-16/h1-8,13,25H,9-12,14H2. The number of hydrogen-bond donors (Lipinski definition) is 1. The van der Waals surface area contributed by atoms with E-state index >= 15 is 0 Å². The Balaban J connectivity index is 1.51. The van der Waals surface area contributed by atoms with Crippen molar-refractivity contribution in [2.45, 2.75) is 6.54 Å². The first-order valence-electron chi connectivity index (χ1n) is 8.50. The number of fused-ring (bicyclic) bond motifs is 1. The van der Waals surface area contributed by atoms with Crippen LogP contribution in [0.4, 0.5) is 5.69 Å². The molecule has 25 heavy (non-hydrogen) atoms. The van der Waals surface area contributed by atoms with Gasteiger partial charge in [-0.25, -0.2) is 0 Å². The van der Waals surface area contributed by atoms with Gasteiger partial charge in [0.05, 0.1) is 4.47 Å². The Morgan fingerprint density at radius 2 is 1.76 bits per heavy atom. The van der Waals surface area contributed by atoms with Gasteiger partial charge < -0.3 is 10.0 Å². The lowest BCUT2D eigenvalue weighted by Crippen LogP contribution is -2.45. The van der Waals surface area contributed by atoms with Crippen LogP contribution in [0.15, 0.2) is 59.2 Å². The van der Waals surface area contributed by atoms with Crippen molar-refractivity contribution in [1.29, 1.82) is 0 Å². The molecule has 5 heteroatoms. The Hall–Kier alpha value is -2.11. The normalized spacial score (nSPS) is 15.6. The molecule has 0 saturated carbocycles. The van der Waals surface area contributed by atoms with Crippen molar-refractivity contribution in [3.63, 3.8) is 0 Å². The van der Waals surface area contributed by atoms with E-state index < -0.39 is 0 Å². The minimum Gasteiger partial charge on any atom is -0.505 e. The Morgan fingerprint density at radius 3 is 2.52 bits per heavy atom. The number of halogens is 1. The molecule has 128 valence electrons. The number of anilines is 1. The summed E-state index contributed by atoms with van der Waals surface area (Å²) in [5, 5.41) is 11.2. The smallest absolute Gasteiger partial charge is 0.156 e. The molecule has 4 nitrogen and oxygen atoms in total. The Kier molecular flexibility index (Phi) is 4.59. The van der Waals surface area contributed by atoms with Gasteiger partial charge >= 0.3 is 0 Å². The van der Waals surface area contributed by atoms with Crippen molar-refractivity contribution in [2.75, 3.05) is 31.1 Å². The highest BCUT2D eigenvalue weighted by atomic mass is 79.9. The number of benzene rings is 2. The third-order valence-electron chi connectivity index (χ3n) is 4.79. The van der Waals surface area contributed by atoms with Crippen LogP contribution >= 0.6 is 15.9 Å². The van der Waals surface area contributed by atoms with Crippen LogP contribution < -0.4 is 4.90 Å². The van der Waals surface area contributed by atoms with E-state index in [4.69, 9.17) is 0 Å². The molecule has 1 N–H and O–H groups in total. The summed E-state index contributed by atoms with van der Waals surface area (Å²) < 4.78 is 0.705. The maximum absolute atomic E-state index is 10.2. The van der Waals surface area contributed by atoms with Gasteiger partial charge in [-0.1, -0.05) is 24.3 Å². The molecule has 0 aliphatic carbocycles. The molecule has 1 aromatic heterocycles. The van der Waals surface area contributed by atoms with E-state index in [1.54, 1.807) is 6.20 Å². The molecule has 3 aromatic rings. The van der Waals surface area contributed by atoms with Gasteiger partial charge in [-0.3, -0.25) is 9.88 Å². The van der Waals surface area contributed by atoms with Gasteiger partial charge in [0.15, 0.2) is 5.75 Å². The average Bonchev–Trinajstić information content (AvgIpc) is 2.67. The molecule has 0 spiro atoms. The number of pyridine rings is 1. The third kappa shape index (κ3) is 3.34. The highest BCUT2D eigenvalue weighted by molar-refractivity contribution is 9.10. The van der Waals surface area contributed by atoms with Crippen LogP contribution in [0.2, 0.25) is 0 Å². The number of piperazine rings is 1. The molecule has 0 radical (unpaired) electrons. The summed E-state index contributed by atoms with van der Waals surface area (Å²) in [7, 11) is 0. The van der Waals surface area contributed by atoms with E-state index in [2.05, 4.69) is 61.0 Å². The zero-order chi connectivity index (χ0) is 17.2. The first-order chi connectivity index (χ1) is 12.2. The molecule has 0 bridgehead atoms. The maximum atomic E-state index is 10.2. The molecule has 4 rings (SSSR count). The zero-order valence-corrected chi connectivity index (χ0v) is 15.5. The summed E-state index contributed by atoms with van der Waals surface area (Å²) in [6, 6.07) is 16.6. The van der Waals surface area contributed by atoms with Crippen LogP contribution in [-0.4, -0.2) is 41.2 Å². The van der Waals surface area contributed by atoms with Crippen LogP contribution in [0.1, 0.15) is 5.56 Å². The molecule has 2 heterocycles. The molecule has 1 aliphatic rings. The Labute approximate surface area is 155 Å². The summed E-state index contributed by atoms with van der Waals surface area (Å²) in [5.74, 6) is 0.216. The molecule has 1 saturated heterocycles. The van der Waals surface area contributed by atoms with E-state index in [9.17, 15) is 5.11 Å². The first kappa shape index (κ1) is 16.4. The van der Waals surface area contributed by atoms with Crippen molar-refractivity contribution >= 4 is 32.5 Å². The number of aromatic hydroxyl groups is 1. The second-order valence-corrected chi connectivity index (χ2v) is 7.22. The number of aromatic nitrogens is 1. The molecule has 0 amide bonds. The summed E-state index contributed by atoms with van der Waals surface area (Å²) in [6.45, 7) is 4.97. The molecule has 0 atom stereocenters. The van der Waals surface area contributed by atoms with Crippen molar-refractivity contribution in [2.24, 2.45) is 0 Å². The Bertz CT molecular complexity index is 877. The first-order valence-corrected chi connectivity index (χ1v) is 9.29. The predicted molar refractivity (Wildman–Crippen MR) is 105 cm³/mol. The van der Waals surface area contributed by atoms with Crippen molar-refractivity contribution in [3.05, 3.63) is 64.8 Å². The number of para-hydroxylation sites is 1. The fourth-order valence-electron chi connectivity index (χ4n) is 3.44. The van der Waals surface area contributed by atoms with Gasteiger partial charge in [0.25, 0.3) is 0 Å². The minimum absolute atomic E-state index is 0.216. The van der Waals surface area contributed by atoms with Crippen LogP contribution in [0, 0.1) is 0 Å². The summed E-state index contributed by atoms with van der Waals surface area (Å²) >= 11 is 3.46. The maximum Gasteiger partial charge on any atom is 0.156 e. The van der Waals surface area contributed by atoms with E-state index in [-0.39, 0.29) is 5.75 Å². The summed E-state index contributed by atoms with van der Waals surface area (Å²) in [5.41, 5.74) is 3.15. The number of phenolic OH excluding ortho intramolecular Hbond substituents is 1. The quantitative estimate of drug-likeness (QED) is 0.724. The van der Waals surface area contributed by atoms with Crippen molar-refractivity contribution in [1.82, 2.24) is 9.88 Å². The van der Waals surface area contributed by atoms with Crippen LogP contribution in [0.25, 0.3) is 10.9 Å². The topological polar surface area (TPSA) is 39.6 Å². The van der Waals surface area contributed by atoms with Gasteiger partial charge in [-0.2, -0.15) is 0 Å². The minimum atomic E-state index is 0.216. The molecule has 1 aliphatic heterocycles. The third-order valence-corrected chi connectivity index (χ3v) is 5.40. The van der Waals surface area contributed by atoms with E-state index in [1.165, 1.54) is 11.3 Å². The van der Waals surface area contributed by atoms with Crippen molar-refractivity contribution in [3.8, 4) is 5.75 Å². The van der Waals surface area contributed by atoms with Crippen LogP contribution in [0.3, 0.4) is 0 Å². The lowest BCUT2D eigenvalue weighted by molar-refractivity contribution is 0.250. The summed E-state index contributed by atoms with van der Waals surface area (Å²) in [4.78, 5) is 9.24. The van der Waals surface area contributed by atoms with Gasteiger partial charge in [-0.15, -0.1) is 0 Å². The van der Waals surface area contributed by atoms with Gasteiger partial charge in [-0.05, 0) is 45.8 Å². The second-order valence-electron chi connectivity index (χ2n) is 6.36. The number of nitrogens with zero attached hydrogens (tertiary/aromatic N) is 3. The summed E-state index contributed by atoms with van der Waals surface area (Å²) in [6.07, 6.45) is 1.72. The number of hydrogen-bond acceptors (Lipinski definition) is 4. The molecule has 1 fully saturated rings. The van der Waals surface area contributed by atoms with E-state index in [0.29, 0.717) is 9.99 Å². The zero-order valence-electron chi connectivity index (χ0n) is 13.9. The SMILES string of the molecule is Oc1c(Br)cc(CN2CCN(c3ccccc3)CC2)c2cccnc12. The number of rotatable bonds is 3. The fraction of sp³-hybridized carbons (Fsp3) is 0.250. The highest BCUT2D eigenvalue weighted by Crippen LogP contribution is 2.34. The van der Waals surface area contributed by atoms with Crippen molar-refractivity contribution < 1.29 is 5.11 Å².